The highest BCUT2D eigenvalue weighted by Crippen LogP contribution is 2.51. The van der Waals surface area contributed by atoms with E-state index in [0.717, 1.165) is 56.1 Å². The van der Waals surface area contributed by atoms with Gasteiger partial charge in [-0.1, -0.05) is 181 Å². The highest BCUT2D eigenvalue weighted by Gasteiger charge is 2.45. The van der Waals surface area contributed by atoms with Gasteiger partial charge in [0.25, 0.3) is 6.71 Å². The van der Waals surface area contributed by atoms with Crippen molar-refractivity contribution >= 4 is 160 Å². The molecule has 2 aromatic heterocycles. The number of thiophene rings is 1. The highest BCUT2D eigenvalue weighted by molar-refractivity contribution is 7.28. The van der Waals surface area contributed by atoms with Gasteiger partial charge in [-0.3, -0.25) is 0 Å². The Morgan fingerprint density at radius 1 is 0.423 bits per heavy atom. The molecular weight excluding hydrogens is 966 g/mol. The van der Waals surface area contributed by atoms with Crippen LogP contribution in [0.15, 0.2) is 223 Å². The molecule has 0 aliphatic carbocycles. The van der Waals surface area contributed by atoms with Crippen LogP contribution >= 0.6 is 11.3 Å². The first-order chi connectivity index (χ1) is 38.0. The fourth-order valence-electron chi connectivity index (χ4n) is 13.3. The Kier molecular flexibility index (Phi) is 9.51. The van der Waals surface area contributed by atoms with Crippen LogP contribution in [0.2, 0.25) is 0 Å². The lowest BCUT2D eigenvalue weighted by molar-refractivity contribution is 0.590. The van der Waals surface area contributed by atoms with Gasteiger partial charge in [0.15, 0.2) is 5.58 Å². The topological polar surface area (TPSA) is 22.9 Å². The third kappa shape index (κ3) is 6.53. The maximum Gasteiger partial charge on any atom is 0.254 e. The van der Waals surface area contributed by atoms with Gasteiger partial charge in [0, 0.05) is 70.8 Å². The maximum absolute atomic E-state index is 6.99. The van der Waals surface area contributed by atoms with Gasteiger partial charge >= 0.3 is 0 Å². The minimum absolute atomic E-state index is 0.0102. The van der Waals surface area contributed by atoms with E-state index in [1.165, 1.54) is 97.1 Å². The van der Waals surface area contributed by atoms with Crippen LogP contribution in [0.3, 0.4) is 0 Å². The summed E-state index contributed by atoms with van der Waals surface area (Å²) in [6, 6.07) is 82.3. The van der Waals surface area contributed by atoms with Crippen LogP contribution in [0.1, 0.15) is 52.7 Å². The Balaban J connectivity index is 1.00. The van der Waals surface area contributed by atoms with Crippen molar-refractivity contribution in [3.63, 3.8) is 0 Å². The van der Waals surface area contributed by atoms with Gasteiger partial charge < -0.3 is 19.1 Å². The third-order valence-electron chi connectivity index (χ3n) is 17.1. The quantitative estimate of drug-likeness (QED) is 0.127. The molecule has 14 aromatic rings. The predicted molar refractivity (Wildman–Crippen MR) is 336 cm³/mol. The van der Waals surface area contributed by atoms with Crippen molar-refractivity contribution in [3.8, 4) is 0 Å². The highest BCUT2D eigenvalue weighted by atomic mass is 32.1. The van der Waals surface area contributed by atoms with Gasteiger partial charge in [-0.05, 0) is 150 Å². The van der Waals surface area contributed by atoms with E-state index in [1.54, 1.807) is 0 Å². The van der Waals surface area contributed by atoms with Gasteiger partial charge in [-0.2, -0.15) is 0 Å². The van der Waals surface area contributed by atoms with E-state index in [4.69, 9.17) is 4.42 Å². The molecule has 0 bridgehead atoms. The summed E-state index contributed by atoms with van der Waals surface area (Å²) in [5, 5.41) is 12.3. The van der Waals surface area contributed by atoms with Crippen molar-refractivity contribution in [2.24, 2.45) is 0 Å². The van der Waals surface area contributed by atoms with Gasteiger partial charge in [-0.15, -0.1) is 11.3 Å². The fraction of sp³-hybridized carbons (Fsp3) is 0.111. The summed E-state index contributed by atoms with van der Waals surface area (Å²) < 4.78 is 9.63. The van der Waals surface area contributed by atoms with Crippen LogP contribution in [0, 0.1) is 0 Å². The lowest BCUT2D eigenvalue weighted by Gasteiger charge is -2.44. The molecule has 372 valence electrons. The first kappa shape index (κ1) is 45.4. The monoisotopic (exact) mass is 1020 g/mol. The van der Waals surface area contributed by atoms with E-state index >= 15 is 0 Å². The Morgan fingerprint density at radius 2 is 1.00 bits per heavy atom. The number of furan rings is 1. The maximum atomic E-state index is 6.99. The molecule has 2 aliphatic heterocycles. The lowest BCUT2D eigenvalue weighted by Crippen LogP contribution is -2.61. The summed E-state index contributed by atoms with van der Waals surface area (Å²) in [6.07, 6.45) is 0. The number of hydrogen-bond donors (Lipinski definition) is 0. The van der Waals surface area contributed by atoms with Crippen molar-refractivity contribution in [2.75, 3.05) is 14.7 Å². The average molecular weight is 1020 g/mol. The normalized spacial score (nSPS) is 13.4. The van der Waals surface area contributed by atoms with E-state index in [-0.39, 0.29) is 17.5 Å². The summed E-state index contributed by atoms with van der Waals surface area (Å²) in [6.45, 7) is 13.7. The third-order valence-corrected chi connectivity index (χ3v) is 18.3. The molecule has 0 saturated heterocycles. The molecule has 0 spiro atoms. The molecule has 2 aliphatic rings. The van der Waals surface area contributed by atoms with E-state index < -0.39 is 0 Å². The molecule has 0 saturated carbocycles. The molecule has 0 N–H and O–H groups in total. The second kappa shape index (κ2) is 16.3. The average Bonchev–Trinajstić information content (AvgIpc) is 4.09. The van der Waals surface area contributed by atoms with Gasteiger partial charge in [0.05, 0.1) is 11.4 Å². The predicted octanol–water partition coefficient (Wildman–Crippen LogP) is 19.0. The molecule has 16 rings (SSSR count). The van der Waals surface area contributed by atoms with E-state index in [0.29, 0.717) is 0 Å². The first-order valence-corrected chi connectivity index (χ1v) is 28.2. The number of rotatable bonds is 5. The molecule has 0 atom stereocenters. The Morgan fingerprint density at radius 3 is 1.72 bits per heavy atom. The van der Waals surface area contributed by atoms with Gasteiger partial charge in [0.1, 0.15) is 5.58 Å². The Labute approximate surface area is 458 Å². The standard InChI is InChI=1S/C72H54BN3OS/c1-71(2,3)46-28-32-48(33-29-46)74-58-19-13-20-59-67(58)73(68-60(74)41-38-54-52-17-8-10-23-64(52)78-70(54)68)56-39-36-50(42-62(56)75(59)49-34-30-47(31-35-49)72(4,5)6)76(61-21-12-18-53-51-16-7-9-22-63(51)77-69(53)61)57-40-27-45-25-24-43-14-11-15-44-26-37-55(57)66(45)65(43)44/h7-42H,1-6H3. The SMILES string of the molecule is CC(C)(C)c1ccc(N2c3cc(N(c4ccc5ccc6cccc7ccc4c5c67)c4cccc5c4oc4ccccc45)ccc3B3c4c2cccc4N(c2ccc(C(C)(C)C)cc2)c2ccc4c(sc5ccccc54)c23)cc1. The smallest absolute Gasteiger partial charge is 0.254 e. The molecule has 0 radical (unpaired) electrons. The zero-order chi connectivity index (χ0) is 52.3. The molecule has 4 nitrogen and oxygen atoms in total. The summed E-state index contributed by atoms with van der Waals surface area (Å²) in [5.41, 5.74) is 18.4. The number of benzene rings is 12. The fourth-order valence-corrected chi connectivity index (χ4v) is 14.6. The van der Waals surface area contributed by atoms with E-state index in [1.807, 2.05) is 11.3 Å². The van der Waals surface area contributed by atoms with Crippen molar-refractivity contribution in [1.29, 1.82) is 0 Å². The van der Waals surface area contributed by atoms with Gasteiger partial charge in [0.2, 0.25) is 0 Å². The van der Waals surface area contributed by atoms with Crippen molar-refractivity contribution in [2.45, 2.75) is 52.4 Å². The molecule has 0 amide bonds. The molecule has 0 unspecified atom stereocenters. The number of hydrogen-bond acceptors (Lipinski definition) is 5. The number of fused-ring (bicyclic) bond motifs is 11. The molecular formula is C72H54BN3OS. The summed E-state index contributed by atoms with van der Waals surface area (Å²) in [4.78, 5) is 7.58. The Hall–Kier alpha value is -8.84. The largest absolute Gasteiger partial charge is 0.454 e. The zero-order valence-electron chi connectivity index (χ0n) is 44.5. The molecule has 12 aromatic carbocycles. The number of nitrogens with zero attached hydrogens (tertiary/aromatic N) is 3. The second-order valence-corrected chi connectivity index (χ2v) is 24.7. The van der Waals surface area contributed by atoms with E-state index in [9.17, 15) is 0 Å². The van der Waals surface area contributed by atoms with Crippen molar-refractivity contribution in [3.05, 3.63) is 230 Å². The number of anilines is 9. The summed E-state index contributed by atoms with van der Waals surface area (Å²) in [5.74, 6) is 0. The van der Waals surface area contributed by atoms with Crippen LogP contribution in [0.25, 0.3) is 74.4 Å². The van der Waals surface area contributed by atoms with Crippen LogP contribution in [-0.4, -0.2) is 6.71 Å². The van der Waals surface area contributed by atoms with Gasteiger partial charge in [-0.25, -0.2) is 0 Å². The van der Waals surface area contributed by atoms with Crippen molar-refractivity contribution < 1.29 is 4.42 Å². The summed E-state index contributed by atoms with van der Waals surface area (Å²) >= 11 is 1.93. The molecule has 0 fully saturated rings. The van der Waals surface area contributed by atoms with E-state index in [2.05, 4.69) is 275 Å². The number of para-hydroxylation sites is 2. The zero-order valence-corrected chi connectivity index (χ0v) is 45.3. The lowest BCUT2D eigenvalue weighted by atomic mass is 9.33. The summed E-state index contributed by atoms with van der Waals surface area (Å²) in [7, 11) is 0. The van der Waals surface area contributed by atoms with Crippen LogP contribution in [0.4, 0.5) is 51.2 Å². The second-order valence-electron chi connectivity index (χ2n) is 23.7. The Bertz CT molecular complexity index is 4770. The first-order valence-electron chi connectivity index (χ1n) is 27.4. The van der Waals surface area contributed by atoms with Crippen LogP contribution in [0.5, 0.6) is 0 Å². The minimum atomic E-state index is -0.0796. The minimum Gasteiger partial charge on any atom is -0.454 e. The molecule has 78 heavy (non-hydrogen) atoms. The molecule has 6 heteroatoms. The van der Waals surface area contributed by atoms with Crippen LogP contribution < -0.4 is 31.1 Å². The van der Waals surface area contributed by atoms with Crippen LogP contribution in [-0.2, 0) is 10.8 Å². The molecule has 4 heterocycles. The van der Waals surface area contributed by atoms with Crippen molar-refractivity contribution in [1.82, 2.24) is 0 Å².